The Labute approximate surface area is 72.8 Å². The highest BCUT2D eigenvalue weighted by molar-refractivity contribution is 6.42. The Bertz CT molecular complexity index is 197. The van der Waals surface area contributed by atoms with Crippen molar-refractivity contribution >= 4 is 7.25 Å². The van der Waals surface area contributed by atoms with Crippen LogP contribution in [0.4, 0.5) is 0 Å². The van der Waals surface area contributed by atoms with Crippen molar-refractivity contribution in [1.82, 2.24) is 4.81 Å². The van der Waals surface area contributed by atoms with E-state index in [2.05, 4.69) is 19.1 Å². The molecule has 0 aromatic heterocycles. The summed E-state index contributed by atoms with van der Waals surface area (Å²) in [5.41, 5.74) is 0. The van der Waals surface area contributed by atoms with Crippen LogP contribution in [0.25, 0.3) is 0 Å². The molecule has 0 radical (unpaired) electrons. The summed E-state index contributed by atoms with van der Waals surface area (Å²) in [5, 5.41) is 0. The first-order valence-corrected chi connectivity index (χ1v) is 4.23. The van der Waals surface area contributed by atoms with Crippen LogP contribution in [-0.4, -0.2) is 25.3 Å². The molecule has 4 heteroatoms. The van der Waals surface area contributed by atoms with Crippen LogP contribution in [0.15, 0.2) is 24.6 Å². The van der Waals surface area contributed by atoms with Crippen molar-refractivity contribution < 1.29 is 9.31 Å². The molecular weight excluding hydrogens is 153 g/mol. The van der Waals surface area contributed by atoms with E-state index in [1.165, 1.54) is 0 Å². The third-order valence-corrected chi connectivity index (χ3v) is 1.97. The van der Waals surface area contributed by atoms with Gasteiger partial charge < -0.3 is 14.1 Å². The predicted molar refractivity (Wildman–Crippen MR) is 46.9 cm³/mol. The summed E-state index contributed by atoms with van der Waals surface area (Å²) in [6.07, 6.45) is 8.23. The minimum absolute atomic E-state index is 0.204. The van der Waals surface area contributed by atoms with Gasteiger partial charge in [0.1, 0.15) is 0 Å². The van der Waals surface area contributed by atoms with Crippen molar-refractivity contribution in [2.24, 2.45) is 5.92 Å². The Kier molecular flexibility index (Phi) is 2.19. The third-order valence-electron chi connectivity index (χ3n) is 1.97. The van der Waals surface area contributed by atoms with E-state index < -0.39 is 0 Å². The van der Waals surface area contributed by atoms with Crippen molar-refractivity contribution in [2.75, 3.05) is 13.2 Å². The second kappa shape index (κ2) is 3.33. The number of rotatable bonds is 1. The van der Waals surface area contributed by atoms with Gasteiger partial charge in [0, 0.05) is 0 Å². The molecule has 2 aliphatic heterocycles. The fraction of sp³-hybridized carbons (Fsp3) is 0.500. The first-order valence-electron chi connectivity index (χ1n) is 4.23. The highest BCUT2D eigenvalue weighted by atomic mass is 16.6. The lowest BCUT2D eigenvalue weighted by molar-refractivity contribution is 0.323. The van der Waals surface area contributed by atoms with Gasteiger partial charge in [-0.15, -0.1) is 0 Å². The van der Waals surface area contributed by atoms with Crippen LogP contribution in [0.2, 0.25) is 0 Å². The second-order valence-electron chi connectivity index (χ2n) is 3.04. The molecule has 2 aliphatic rings. The SMILES string of the molecule is CC1C=CN(B2OCCO2)C=C1. The van der Waals surface area contributed by atoms with Gasteiger partial charge in [0.15, 0.2) is 0 Å². The minimum atomic E-state index is -0.204. The third kappa shape index (κ3) is 1.54. The number of hydrogen-bond donors (Lipinski definition) is 0. The average molecular weight is 165 g/mol. The molecule has 12 heavy (non-hydrogen) atoms. The molecule has 0 aliphatic carbocycles. The highest BCUT2D eigenvalue weighted by Crippen LogP contribution is 2.13. The van der Waals surface area contributed by atoms with Crippen LogP contribution < -0.4 is 0 Å². The quantitative estimate of drug-likeness (QED) is 0.541. The van der Waals surface area contributed by atoms with Crippen LogP contribution in [0.1, 0.15) is 6.92 Å². The molecule has 0 atom stereocenters. The molecular formula is C8H12BNO2. The van der Waals surface area contributed by atoms with Crippen molar-refractivity contribution in [1.29, 1.82) is 0 Å². The van der Waals surface area contributed by atoms with E-state index in [0.717, 1.165) is 0 Å². The first-order chi connectivity index (χ1) is 5.86. The molecule has 1 fully saturated rings. The van der Waals surface area contributed by atoms with Gasteiger partial charge in [-0.05, 0) is 18.3 Å². The molecule has 1 saturated heterocycles. The van der Waals surface area contributed by atoms with Crippen LogP contribution >= 0.6 is 0 Å². The van der Waals surface area contributed by atoms with E-state index in [0.29, 0.717) is 19.1 Å². The minimum Gasteiger partial charge on any atom is -0.389 e. The molecule has 0 bridgehead atoms. The van der Waals surface area contributed by atoms with Crippen molar-refractivity contribution in [3.63, 3.8) is 0 Å². The molecule has 0 aromatic carbocycles. The largest absolute Gasteiger partial charge is 0.597 e. The zero-order valence-electron chi connectivity index (χ0n) is 7.14. The van der Waals surface area contributed by atoms with Gasteiger partial charge in [-0.2, -0.15) is 0 Å². The molecule has 64 valence electrons. The Hall–Kier alpha value is -0.735. The van der Waals surface area contributed by atoms with Gasteiger partial charge in [0.05, 0.1) is 13.2 Å². The van der Waals surface area contributed by atoms with Gasteiger partial charge >= 0.3 is 7.25 Å². The van der Waals surface area contributed by atoms with E-state index in [9.17, 15) is 0 Å². The van der Waals surface area contributed by atoms with Gasteiger partial charge in [-0.3, -0.25) is 0 Å². The van der Waals surface area contributed by atoms with E-state index in [1.54, 1.807) is 0 Å². The molecule has 2 heterocycles. The molecule has 3 nitrogen and oxygen atoms in total. The molecule has 0 amide bonds. The van der Waals surface area contributed by atoms with Crippen molar-refractivity contribution in [3.8, 4) is 0 Å². The van der Waals surface area contributed by atoms with Gasteiger partial charge in [-0.1, -0.05) is 19.1 Å². The number of hydrogen-bond acceptors (Lipinski definition) is 3. The maximum Gasteiger partial charge on any atom is 0.597 e. The van der Waals surface area contributed by atoms with E-state index in [1.807, 2.05) is 17.2 Å². The standard InChI is InChI=1S/C8H12BNO2/c1-8-2-4-10(5-3-8)9-11-6-7-12-9/h2-5,8H,6-7H2,1H3. The molecule has 0 unspecified atom stereocenters. The average Bonchev–Trinajstić information content (AvgIpc) is 2.58. The van der Waals surface area contributed by atoms with Gasteiger partial charge in [-0.25, -0.2) is 0 Å². The zero-order valence-corrected chi connectivity index (χ0v) is 7.14. The van der Waals surface area contributed by atoms with Crippen LogP contribution in [-0.2, 0) is 9.31 Å². The fourth-order valence-electron chi connectivity index (χ4n) is 1.24. The Morgan fingerprint density at radius 2 is 1.83 bits per heavy atom. The van der Waals surface area contributed by atoms with Crippen molar-refractivity contribution in [2.45, 2.75) is 6.92 Å². The lowest BCUT2D eigenvalue weighted by Crippen LogP contribution is -2.33. The topological polar surface area (TPSA) is 21.7 Å². The predicted octanol–water partition coefficient (Wildman–Crippen LogP) is 0.997. The molecule has 0 aromatic rings. The van der Waals surface area contributed by atoms with Gasteiger partial charge in [0.2, 0.25) is 0 Å². The maximum atomic E-state index is 5.33. The van der Waals surface area contributed by atoms with Crippen LogP contribution in [0.5, 0.6) is 0 Å². The van der Waals surface area contributed by atoms with Crippen LogP contribution in [0, 0.1) is 5.92 Å². The normalized spacial score (nSPS) is 24.1. The molecule has 0 spiro atoms. The highest BCUT2D eigenvalue weighted by Gasteiger charge is 2.30. The van der Waals surface area contributed by atoms with E-state index >= 15 is 0 Å². The summed E-state index contributed by atoms with van der Waals surface area (Å²) in [4.78, 5) is 1.94. The summed E-state index contributed by atoms with van der Waals surface area (Å²) in [7, 11) is -0.204. The lowest BCUT2D eigenvalue weighted by Gasteiger charge is -2.20. The summed E-state index contributed by atoms with van der Waals surface area (Å²) in [6.45, 7) is 3.53. The summed E-state index contributed by atoms with van der Waals surface area (Å²) in [5.74, 6) is 0.516. The summed E-state index contributed by atoms with van der Waals surface area (Å²) in [6, 6.07) is 0. The summed E-state index contributed by atoms with van der Waals surface area (Å²) < 4.78 is 10.7. The van der Waals surface area contributed by atoms with Crippen LogP contribution in [0.3, 0.4) is 0 Å². The maximum absolute atomic E-state index is 5.33. The van der Waals surface area contributed by atoms with Gasteiger partial charge in [0.25, 0.3) is 0 Å². The summed E-state index contributed by atoms with van der Waals surface area (Å²) >= 11 is 0. The monoisotopic (exact) mass is 165 g/mol. The second-order valence-corrected chi connectivity index (χ2v) is 3.04. The lowest BCUT2D eigenvalue weighted by atomic mass is 10.0. The Morgan fingerprint density at radius 1 is 1.25 bits per heavy atom. The smallest absolute Gasteiger partial charge is 0.389 e. The molecule has 0 N–H and O–H groups in total. The fourth-order valence-corrected chi connectivity index (χ4v) is 1.24. The Balaban J connectivity index is 1.96. The van der Waals surface area contributed by atoms with Crippen molar-refractivity contribution in [3.05, 3.63) is 24.6 Å². The van der Waals surface area contributed by atoms with E-state index in [-0.39, 0.29) is 7.25 Å². The van der Waals surface area contributed by atoms with E-state index in [4.69, 9.17) is 9.31 Å². The molecule has 2 rings (SSSR count). The number of allylic oxidation sites excluding steroid dienone is 2. The first kappa shape index (κ1) is 7.89. The Morgan fingerprint density at radius 3 is 2.42 bits per heavy atom. The molecule has 0 saturated carbocycles. The number of nitrogens with zero attached hydrogens (tertiary/aromatic N) is 1. The zero-order chi connectivity index (χ0) is 8.39.